The number of ether oxygens (including phenoxy) is 1. The minimum absolute atomic E-state index is 0.00456. The molecule has 34 heavy (non-hydrogen) atoms. The van der Waals surface area contributed by atoms with Crippen molar-refractivity contribution in [2.45, 2.75) is 52.1 Å². The third-order valence-electron chi connectivity index (χ3n) is 6.56. The first kappa shape index (κ1) is 24.0. The van der Waals surface area contributed by atoms with Gasteiger partial charge in [0.2, 0.25) is 5.91 Å². The number of carbonyl (C=O) groups is 3. The van der Waals surface area contributed by atoms with Crippen molar-refractivity contribution in [1.29, 1.82) is 0 Å². The van der Waals surface area contributed by atoms with Crippen molar-refractivity contribution in [1.82, 2.24) is 9.88 Å². The number of aryl methyl sites for hydroxylation is 1. The van der Waals surface area contributed by atoms with Crippen LogP contribution in [0, 0.1) is 12.8 Å². The normalized spacial score (nSPS) is 18.0. The smallest absolute Gasteiger partial charge is 0.308 e. The Bertz CT molecular complexity index is 1190. The van der Waals surface area contributed by atoms with Crippen LogP contribution in [0.4, 0.5) is 5.69 Å². The van der Waals surface area contributed by atoms with Gasteiger partial charge in [-0.15, -0.1) is 11.3 Å². The average Bonchev–Trinajstić information content (AvgIpc) is 3.42. The van der Waals surface area contributed by atoms with E-state index in [2.05, 4.69) is 5.32 Å². The molecule has 7 nitrogen and oxygen atoms in total. The highest BCUT2D eigenvalue weighted by molar-refractivity contribution is 7.16. The van der Waals surface area contributed by atoms with Crippen molar-refractivity contribution in [2.24, 2.45) is 5.92 Å². The Kier molecular flexibility index (Phi) is 7.36. The number of likely N-dealkylation sites (N-methyl/N-ethyl adjacent to an activating group) is 1. The molecule has 0 bridgehead atoms. The number of esters is 1. The van der Waals surface area contributed by atoms with Crippen LogP contribution in [0.15, 0.2) is 41.8 Å². The van der Waals surface area contributed by atoms with Crippen molar-refractivity contribution >= 4 is 45.0 Å². The third-order valence-corrected chi connectivity index (χ3v) is 7.51. The standard InChI is InChI=1S/C26H31N3O4S/c1-4-28(21-7-5-6-17(2)14-21)23(30)16-29-22(15-19-12-13-34-25(19)29)24(31)27-20-10-8-18(9-11-20)26(32)33-3/h5-7,12-15,18,20H,4,8-11,16H2,1-3H3,(H,27,31)/t18-,20-. The van der Waals surface area contributed by atoms with Gasteiger partial charge in [0.1, 0.15) is 17.1 Å². The summed E-state index contributed by atoms with van der Waals surface area (Å²) in [5.41, 5.74) is 2.44. The van der Waals surface area contributed by atoms with Crippen molar-refractivity contribution in [3.05, 3.63) is 53.0 Å². The first-order chi connectivity index (χ1) is 16.4. The molecule has 1 aromatic carbocycles. The number of benzene rings is 1. The molecule has 1 aliphatic rings. The molecule has 1 fully saturated rings. The number of nitrogens with one attached hydrogen (secondary N) is 1. The molecule has 0 aliphatic heterocycles. The predicted octanol–water partition coefficient (Wildman–Crippen LogP) is 4.53. The van der Waals surface area contributed by atoms with Gasteiger partial charge < -0.3 is 19.5 Å². The van der Waals surface area contributed by atoms with Crippen LogP contribution in [0.3, 0.4) is 0 Å². The minimum atomic E-state index is -0.184. The van der Waals surface area contributed by atoms with Crippen LogP contribution in [-0.4, -0.2) is 42.0 Å². The van der Waals surface area contributed by atoms with E-state index in [0.29, 0.717) is 25.1 Å². The summed E-state index contributed by atoms with van der Waals surface area (Å²) in [7, 11) is 1.41. The molecule has 8 heteroatoms. The summed E-state index contributed by atoms with van der Waals surface area (Å²) in [6.45, 7) is 4.59. The maximum atomic E-state index is 13.3. The SMILES string of the molecule is CCN(C(=O)Cn1c(C(=O)N[C@H]2CC[C@H](C(=O)OC)CC2)cc2ccsc21)c1cccc(C)c1. The van der Waals surface area contributed by atoms with Crippen molar-refractivity contribution in [3.8, 4) is 0 Å². The number of methoxy groups -OCH3 is 1. The lowest BCUT2D eigenvalue weighted by Gasteiger charge is -2.27. The molecule has 0 spiro atoms. The Morgan fingerprint density at radius 3 is 2.59 bits per heavy atom. The molecular weight excluding hydrogens is 450 g/mol. The van der Waals surface area contributed by atoms with Gasteiger partial charge in [0.15, 0.2) is 0 Å². The molecule has 1 saturated carbocycles. The third kappa shape index (κ3) is 5.01. The molecule has 180 valence electrons. The zero-order valence-electron chi connectivity index (χ0n) is 19.9. The van der Waals surface area contributed by atoms with Crippen molar-refractivity contribution in [2.75, 3.05) is 18.6 Å². The van der Waals surface area contributed by atoms with Gasteiger partial charge in [-0.05, 0) is 74.7 Å². The van der Waals surface area contributed by atoms with Gasteiger partial charge in [-0.3, -0.25) is 14.4 Å². The number of fused-ring (bicyclic) bond motifs is 1. The van der Waals surface area contributed by atoms with Crippen LogP contribution in [0.1, 0.15) is 48.7 Å². The zero-order chi connectivity index (χ0) is 24.2. The van der Waals surface area contributed by atoms with Crippen molar-refractivity contribution in [3.63, 3.8) is 0 Å². The van der Waals surface area contributed by atoms with Gasteiger partial charge >= 0.3 is 5.97 Å². The number of amides is 2. The number of aromatic nitrogens is 1. The molecule has 3 aromatic rings. The van der Waals surface area contributed by atoms with Crippen LogP contribution < -0.4 is 10.2 Å². The fourth-order valence-electron chi connectivity index (χ4n) is 4.74. The topological polar surface area (TPSA) is 80.6 Å². The summed E-state index contributed by atoms with van der Waals surface area (Å²) >= 11 is 1.52. The van der Waals surface area contributed by atoms with Gasteiger partial charge in [0.25, 0.3) is 5.91 Å². The molecule has 0 radical (unpaired) electrons. The van der Waals surface area contributed by atoms with E-state index in [9.17, 15) is 14.4 Å². The van der Waals surface area contributed by atoms with E-state index in [1.807, 2.05) is 60.2 Å². The second-order valence-electron chi connectivity index (χ2n) is 8.82. The van der Waals surface area contributed by atoms with E-state index in [4.69, 9.17) is 4.74 Å². The number of thiophene rings is 1. The van der Waals surface area contributed by atoms with Crippen LogP contribution >= 0.6 is 11.3 Å². The van der Waals surface area contributed by atoms with Crippen LogP contribution in [0.2, 0.25) is 0 Å². The molecule has 1 N–H and O–H groups in total. The molecule has 4 rings (SSSR count). The Hall–Kier alpha value is -3.13. The first-order valence-corrected chi connectivity index (χ1v) is 12.6. The second-order valence-corrected chi connectivity index (χ2v) is 9.71. The number of nitrogens with zero attached hydrogens (tertiary/aromatic N) is 2. The van der Waals surface area contributed by atoms with Gasteiger partial charge in [-0.1, -0.05) is 12.1 Å². The monoisotopic (exact) mass is 481 g/mol. The summed E-state index contributed by atoms with van der Waals surface area (Å²) < 4.78 is 6.68. The zero-order valence-corrected chi connectivity index (χ0v) is 20.7. The van der Waals surface area contributed by atoms with Gasteiger partial charge in [-0.2, -0.15) is 0 Å². The highest BCUT2D eigenvalue weighted by Gasteiger charge is 2.29. The lowest BCUT2D eigenvalue weighted by atomic mass is 9.86. The number of anilines is 1. The summed E-state index contributed by atoms with van der Waals surface area (Å²) in [6.07, 6.45) is 2.87. The summed E-state index contributed by atoms with van der Waals surface area (Å²) in [5.74, 6) is -0.513. The van der Waals surface area contributed by atoms with Crippen LogP contribution in [-0.2, 0) is 20.9 Å². The van der Waals surface area contributed by atoms with Crippen molar-refractivity contribution < 1.29 is 19.1 Å². The molecule has 1 aliphatic carbocycles. The lowest BCUT2D eigenvalue weighted by Crippen LogP contribution is -2.40. The average molecular weight is 482 g/mol. The predicted molar refractivity (Wildman–Crippen MR) is 134 cm³/mol. The summed E-state index contributed by atoms with van der Waals surface area (Å²) in [6, 6.07) is 11.7. The lowest BCUT2D eigenvalue weighted by molar-refractivity contribution is -0.146. The highest BCUT2D eigenvalue weighted by Crippen LogP contribution is 2.28. The van der Waals surface area contributed by atoms with Gasteiger partial charge in [-0.25, -0.2) is 0 Å². The molecule has 2 amide bonds. The van der Waals surface area contributed by atoms with E-state index in [1.165, 1.54) is 18.4 Å². The minimum Gasteiger partial charge on any atom is -0.469 e. The molecular formula is C26H31N3O4S. The van der Waals surface area contributed by atoms with E-state index in [1.54, 1.807) is 4.90 Å². The largest absolute Gasteiger partial charge is 0.469 e. The Labute approximate surface area is 203 Å². The maximum absolute atomic E-state index is 13.3. The Morgan fingerprint density at radius 2 is 1.91 bits per heavy atom. The second kappa shape index (κ2) is 10.4. The van der Waals surface area contributed by atoms with E-state index >= 15 is 0 Å². The maximum Gasteiger partial charge on any atom is 0.308 e. The number of carbonyl (C=O) groups excluding carboxylic acids is 3. The van der Waals surface area contributed by atoms with Crippen LogP contribution in [0.5, 0.6) is 0 Å². The van der Waals surface area contributed by atoms with Gasteiger partial charge in [0.05, 0.1) is 13.0 Å². The number of hydrogen-bond acceptors (Lipinski definition) is 5. The molecule has 2 heterocycles. The fraction of sp³-hybridized carbons (Fsp3) is 0.423. The quantitative estimate of drug-likeness (QED) is 0.503. The van der Waals surface area contributed by atoms with E-state index < -0.39 is 0 Å². The fourth-order valence-corrected chi connectivity index (χ4v) is 5.64. The van der Waals surface area contributed by atoms with Gasteiger partial charge in [0, 0.05) is 23.7 Å². The van der Waals surface area contributed by atoms with Crippen LogP contribution in [0.25, 0.3) is 10.2 Å². The first-order valence-electron chi connectivity index (χ1n) is 11.7. The summed E-state index contributed by atoms with van der Waals surface area (Å²) in [5, 5.41) is 6.05. The molecule has 0 unspecified atom stereocenters. The summed E-state index contributed by atoms with van der Waals surface area (Å²) in [4.78, 5) is 41.1. The Balaban J connectivity index is 1.51. The number of rotatable bonds is 7. The van der Waals surface area contributed by atoms with E-state index in [0.717, 1.165) is 34.3 Å². The highest BCUT2D eigenvalue weighted by atomic mass is 32.1. The molecule has 0 saturated heterocycles. The molecule has 0 atom stereocenters. The van der Waals surface area contributed by atoms with E-state index in [-0.39, 0.29) is 36.3 Å². The Morgan fingerprint density at radius 1 is 1.15 bits per heavy atom. The molecule has 2 aromatic heterocycles. The number of hydrogen-bond donors (Lipinski definition) is 1.